The topological polar surface area (TPSA) is 50.9 Å². The zero-order valence-electron chi connectivity index (χ0n) is 8.33. The molecule has 3 N–H and O–H groups in total. The van der Waals surface area contributed by atoms with Gasteiger partial charge in [0, 0.05) is 30.1 Å². The second-order valence-corrected chi connectivity index (χ2v) is 4.98. The summed E-state index contributed by atoms with van der Waals surface area (Å²) in [6, 6.07) is 0.639. The Kier molecular flexibility index (Phi) is 3.50. The van der Waals surface area contributed by atoms with Crippen molar-refractivity contribution in [1.29, 1.82) is 0 Å². The molecule has 1 aliphatic heterocycles. The van der Waals surface area contributed by atoms with Gasteiger partial charge >= 0.3 is 0 Å². The van der Waals surface area contributed by atoms with E-state index in [1.54, 1.807) is 11.3 Å². The molecule has 2 heterocycles. The Morgan fingerprint density at radius 1 is 1.57 bits per heavy atom. The Hall–Kier alpha value is -0.450. The normalized spacial score (nSPS) is 22.5. The number of hydrogen-bond donors (Lipinski definition) is 2. The highest BCUT2D eigenvalue weighted by atomic mass is 32.1. The highest BCUT2D eigenvalue weighted by Crippen LogP contribution is 2.17. The molecule has 78 valence electrons. The maximum absolute atomic E-state index is 5.55. The number of rotatable bonds is 3. The number of thiazole rings is 1. The van der Waals surface area contributed by atoms with Crippen LogP contribution in [0.5, 0.6) is 0 Å². The minimum atomic E-state index is 0.621. The molecule has 4 heteroatoms. The summed E-state index contributed by atoms with van der Waals surface area (Å²) < 4.78 is 0. The van der Waals surface area contributed by atoms with Gasteiger partial charge in [-0.15, -0.1) is 11.3 Å². The first-order valence-corrected chi connectivity index (χ1v) is 6.07. The summed E-state index contributed by atoms with van der Waals surface area (Å²) in [5, 5.41) is 4.76. The molecule has 0 bridgehead atoms. The highest BCUT2D eigenvalue weighted by Gasteiger charge is 2.14. The number of nitrogens with two attached hydrogens (primary N) is 1. The van der Waals surface area contributed by atoms with Crippen LogP contribution in [0.3, 0.4) is 0 Å². The lowest BCUT2D eigenvalue weighted by Gasteiger charge is -2.22. The van der Waals surface area contributed by atoms with E-state index in [4.69, 9.17) is 5.73 Å². The summed E-state index contributed by atoms with van der Waals surface area (Å²) in [6.07, 6.45) is 6.94. The fraction of sp³-hybridized carbons (Fsp3) is 0.700. The molecule has 1 aliphatic rings. The highest BCUT2D eigenvalue weighted by molar-refractivity contribution is 7.11. The van der Waals surface area contributed by atoms with E-state index in [9.17, 15) is 0 Å². The zero-order valence-corrected chi connectivity index (χ0v) is 9.15. The van der Waals surface area contributed by atoms with Crippen LogP contribution in [0.4, 0.5) is 0 Å². The van der Waals surface area contributed by atoms with E-state index in [0.29, 0.717) is 12.6 Å². The quantitative estimate of drug-likeness (QED) is 0.792. The summed E-state index contributed by atoms with van der Waals surface area (Å²) >= 11 is 1.75. The molecule has 3 nitrogen and oxygen atoms in total. The Bertz CT molecular complexity index is 279. The zero-order chi connectivity index (χ0) is 9.80. The van der Waals surface area contributed by atoms with E-state index < -0.39 is 0 Å². The van der Waals surface area contributed by atoms with Gasteiger partial charge in [-0.3, -0.25) is 0 Å². The molecule has 2 rings (SSSR count). The molecule has 14 heavy (non-hydrogen) atoms. The van der Waals surface area contributed by atoms with E-state index in [1.165, 1.54) is 35.7 Å². The summed E-state index contributed by atoms with van der Waals surface area (Å²) in [5.41, 5.74) is 5.55. The molecule has 0 radical (unpaired) electrons. The number of nitrogens with one attached hydrogen (secondary N) is 1. The number of piperidine rings is 1. The van der Waals surface area contributed by atoms with Crippen molar-refractivity contribution >= 4 is 11.3 Å². The van der Waals surface area contributed by atoms with Gasteiger partial charge in [0.15, 0.2) is 0 Å². The molecule has 0 saturated carbocycles. The van der Waals surface area contributed by atoms with Gasteiger partial charge in [0.25, 0.3) is 0 Å². The average molecular weight is 211 g/mol. The summed E-state index contributed by atoms with van der Waals surface area (Å²) in [7, 11) is 0. The van der Waals surface area contributed by atoms with Gasteiger partial charge in [-0.05, 0) is 19.4 Å². The number of hydrogen-bond acceptors (Lipinski definition) is 4. The minimum Gasteiger partial charge on any atom is -0.326 e. The number of aromatic nitrogens is 1. The molecule has 1 fully saturated rings. The number of nitrogens with zero attached hydrogens (tertiary/aromatic N) is 1. The third kappa shape index (κ3) is 2.53. The molecule has 0 aromatic carbocycles. The monoisotopic (exact) mass is 211 g/mol. The second kappa shape index (κ2) is 4.87. The molecule has 1 aromatic heterocycles. The maximum Gasteiger partial charge on any atom is 0.0943 e. The van der Waals surface area contributed by atoms with E-state index >= 15 is 0 Å². The van der Waals surface area contributed by atoms with Crippen LogP contribution in [0.25, 0.3) is 0 Å². The smallest absolute Gasteiger partial charge is 0.0943 e. The second-order valence-electron chi connectivity index (χ2n) is 3.78. The molecule has 1 atom stereocenters. The first-order chi connectivity index (χ1) is 6.88. The van der Waals surface area contributed by atoms with Crippen molar-refractivity contribution in [1.82, 2.24) is 10.3 Å². The predicted molar refractivity (Wildman–Crippen MR) is 59.4 cm³/mol. The summed E-state index contributed by atoms with van der Waals surface area (Å²) in [4.78, 5) is 5.57. The van der Waals surface area contributed by atoms with Gasteiger partial charge in [-0.25, -0.2) is 4.98 Å². The molecule has 1 aromatic rings. The third-order valence-corrected chi connectivity index (χ3v) is 3.68. The first kappa shape index (κ1) is 10.1. The Labute approximate surface area is 88.7 Å². The largest absolute Gasteiger partial charge is 0.326 e. The first-order valence-electron chi connectivity index (χ1n) is 5.25. The average Bonchev–Trinajstić information content (AvgIpc) is 2.67. The molecular formula is C10H17N3S. The fourth-order valence-electron chi connectivity index (χ4n) is 1.85. The van der Waals surface area contributed by atoms with E-state index in [-0.39, 0.29) is 0 Å². The van der Waals surface area contributed by atoms with Crippen molar-refractivity contribution in [2.45, 2.75) is 38.3 Å². The van der Waals surface area contributed by atoms with E-state index in [1.807, 2.05) is 6.20 Å². The molecular weight excluding hydrogens is 194 g/mol. The van der Waals surface area contributed by atoms with Crippen molar-refractivity contribution in [3.05, 3.63) is 16.1 Å². The van der Waals surface area contributed by atoms with Crippen molar-refractivity contribution in [3.8, 4) is 0 Å². The molecule has 0 amide bonds. The van der Waals surface area contributed by atoms with Gasteiger partial charge in [0.05, 0.1) is 5.01 Å². The Morgan fingerprint density at radius 3 is 3.14 bits per heavy atom. The van der Waals surface area contributed by atoms with Gasteiger partial charge < -0.3 is 11.1 Å². The molecule has 1 unspecified atom stereocenters. The van der Waals surface area contributed by atoms with Gasteiger partial charge in [0.1, 0.15) is 0 Å². The standard InChI is InChI=1S/C10H17N3S/c11-6-9-7-13-10(14-9)5-8-3-1-2-4-12-8/h7-8,12H,1-6,11H2. The van der Waals surface area contributed by atoms with Crippen LogP contribution in [-0.2, 0) is 13.0 Å². The Balaban J connectivity index is 1.89. The minimum absolute atomic E-state index is 0.621. The fourth-order valence-corrected chi connectivity index (χ4v) is 2.73. The van der Waals surface area contributed by atoms with Crippen LogP contribution < -0.4 is 11.1 Å². The van der Waals surface area contributed by atoms with Crippen LogP contribution in [0, 0.1) is 0 Å². The van der Waals surface area contributed by atoms with Crippen molar-refractivity contribution in [3.63, 3.8) is 0 Å². The van der Waals surface area contributed by atoms with E-state index in [2.05, 4.69) is 10.3 Å². The predicted octanol–water partition coefficient (Wildman–Crippen LogP) is 1.29. The van der Waals surface area contributed by atoms with Crippen molar-refractivity contribution in [2.75, 3.05) is 6.54 Å². The summed E-state index contributed by atoms with van der Waals surface area (Å²) in [6.45, 7) is 1.79. The van der Waals surface area contributed by atoms with Gasteiger partial charge in [-0.2, -0.15) is 0 Å². The van der Waals surface area contributed by atoms with Gasteiger partial charge in [-0.1, -0.05) is 6.42 Å². The lowest BCUT2D eigenvalue weighted by Crippen LogP contribution is -2.35. The molecule has 1 saturated heterocycles. The lowest BCUT2D eigenvalue weighted by molar-refractivity contribution is 0.399. The van der Waals surface area contributed by atoms with Crippen LogP contribution in [0.1, 0.15) is 29.1 Å². The molecule has 0 spiro atoms. The van der Waals surface area contributed by atoms with Gasteiger partial charge in [0.2, 0.25) is 0 Å². The SMILES string of the molecule is NCc1cnc(CC2CCCCN2)s1. The van der Waals surface area contributed by atoms with Crippen molar-refractivity contribution in [2.24, 2.45) is 5.73 Å². The third-order valence-electron chi connectivity index (χ3n) is 2.64. The summed E-state index contributed by atoms with van der Waals surface area (Å²) in [5.74, 6) is 0. The van der Waals surface area contributed by atoms with Crippen LogP contribution in [0.2, 0.25) is 0 Å². The van der Waals surface area contributed by atoms with Crippen LogP contribution in [-0.4, -0.2) is 17.6 Å². The maximum atomic E-state index is 5.55. The molecule has 0 aliphatic carbocycles. The van der Waals surface area contributed by atoms with Crippen molar-refractivity contribution < 1.29 is 0 Å². The van der Waals surface area contributed by atoms with Crippen LogP contribution >= 0.6 is 11.3 Å². The Morgan fingerprint density at radius 2 is 2.50 bits per heavy atom. The lowest BCUT2D eigenvalue weighted by atomic mass is 10.0. The van der Waals surface area contributed by atoms with E-state index in [0.717, 1.165) is 6.42 Å². The van der Waals surface area contributed by atoms with Crippen LogP contribution in [0.15, 0.2) is 6.20 Å².